The Morgan fingerprint density at radius 3 is 2.61 bits per heavy atom. The normalized spacial score (nSPS) is 26.7. The van der Waals surface area contributed by atoms with E-state index in [0.29, 0.717) is 12.8 Å². The standard InChI is InChI=1S/C22H33N3O3/c1-16-3-6-18(7-4-16)25-21(23-2)24-14-22(9-11-26-12-10-22)17-5-8-19-20(13-17)28-15-27-19/h5,8,13,16,18H,3-4,6-7,9-12,14-15H2,1-2H3,(H2,23,24,25). The first-order valence-corrected chi connectivity index (χ1v) is 10.6. The largest absolute Gasteiger partial charge is 0.454 e. The maximum Gasteiger partial charge on any atom is 0.231 e. The predicted molar refractivity (Wildman–Crippen MR) is 110 cm³/mol. The van der Waals surface area contributed by atoms with Crippen LogP contribution in [0, 0.1) is 5.92 Å². The molecule has 0 spiro atoms. The number of nitrogens with one attached hydrogen (secondary N) is 2. The Morgan fingerprint density at radius 2 is 1.86 bits per heavy atom. The molecule has 154 valence electrons. The van der Waals surface area contributed by atoms with Gasteiger partial charge in [-0.25, -0.2) is 0 Å². The zero-order valence-corrected chi connectivity index (χ0v) is 17.1. The summed E-state index contributed by atoms with van der Waals surface area (Å²) in [6, 6.07) is 6.89. The second-order valence-corrected chi connectivity index (χ2v) is 8.49. The summed E-state index contributed by atoms with van der Waals surface area (Å²) in [7, 11) is 1.86. The van der Waals surface area contributed by atoms with Gasteiger partial charge >= 0.3 is 0 Å². The van der Waals surface area contributed by atoms with E-state index < -0.39 is 0 Å². The highest BCUT2D eigenvalue weighted by Gasteiger charge is 2.36. The summed E-state index contributed by atoms with van der Waals surface area (Å²) in [5, 5.41) is 7.26. The van der Waals surface area contributed by atoms with Crippen LogP contribution in [0.3, 0.4) is 0 Å². The molecule has 28 heavy (non-hydrogen) atoms. The molecule has 0 unspecified atom stereocenters. The molecule has 0 radical (unpaired) electrons. The van der Waals surface area contributed by atoms with E-state index >= 15 is 0 Å². The van der Waals surface area contributed by atoms with E-state index in [0.717, 1.165) is 56.0 Å². The predicted octanol–water partition coefficient (Wildman–Crippen LogP) is 3.21. The fraction of sp³-hybridized carbons (Fsp3) is 0.682. The topological polar surface area (TPSA) is 64.1 Å². The van der Waals surface area contributed by atoms with E-state index in [9.17, 15) is 0 Å². The summed E-state index contributed by atoms with van der Waals surface area (Å²) >= 11 is 0. The van der Waals surface area contributed by atoms with Crippen molar-refractivity contribution in [3.8, 4) is 11.5 Å². The van der Waals surface area contributed by atoms with Gasteiger partial charge in [-0.15, -0.1) is 0 Å². The quantitative estimate of drug-likeness (QED) is 0.614. The highest BCUT2D eigenvalue weighted by molar-refractivity contribution is 5.80. The van der Waals surface area contributed by atoms with Crippen molar-refractivity contribution in [3.05, 3.63) is 23.8 Å². The fourth-order valence-corrected chi connectivity index (χ4v) is 4.60. The van der Waals surface area contributed by atoms with E-state index in [1.54, 1.807) is 0 Å². The molecular weight excluding hydrogens is 354 g/mol. The maximum atomic E-state index is 5.67. The van der Waals surface area contributed by atoms with Crippen molar-refractivity contribution >= 4 is 5.96 Å². The first kappa shape index (κ1) is 19.4. The molecule has 2 aliphatic heterocycles. The average Bonchev–Trinajstić information content (AvgIpc) is 3.21. The van der Waals surface area contributed by atoms with Crippen molar-refractivity contribution in [1.29, 1.82) is 0 Å². The van der Waals surface area contributed by atoms with Gasteiger partial charge < -0.3 is 24.8 Å². The molecule has 1 aromatic rings. The lowest BCUT2D eigenvalue weighted by Gasteiger charge is -2.38. The molecule has 0 amide bonds. The Bertz CT molecular complexity index is 692. The molecule has 0 aromatic heterocycles. The van der Waals surface area contributed by atoms with Gasteiger partial charge in [0, 0.05) is 38.3 Å². The second-order valence-electron chi connectivity index (χ2n) is 8.49. The van der Waals surface area contributed by atoms with E-state index in [1.807, 2.05) is 13.1 Å². The Kier molecular flexibility index (Phi) is 5.95. The third-order valence-electron chi connectivity index (χ3n) is 6.61. The number of rotatable bonds is 4. The molecule has 3 aliphatic rings. The number of benzene rings is 1. The third kappa shape index (κ3) is 4.22. The van der Waals surface area contributed by atoms with Gasteiger partial charge in [-0.2, -0.15) is 0 Å². The molecular formula is C22H33N3O3. The maximum absolute atomic E-state index is 5.67. The number of guanidine groups is 1. The van der Waals surface area contributed by atoms with Gasteiger partial charge in [-0.3, -0.25) is 4.99 Å². The van der Waals surface area contributed by atoms with Crippen molar-refractivity contribution in [1.82, 2.24) is 10.6 Å². The van der Waals surface area contributed by atoms with Crippen LogP contribution in [0.5, 0.6) is 11.5 Å². The van der Waals surface area contributed by atoms with E-state index in [-0.39, 0.29) is 5.41 Å². The first-order valence-electron chi connectivity index (χ1n) is 10.6. The molecule has 0 bridgehead atoms. The van der Waals surface area contributed by atoms with Crippen LogP contribution in [-0.4, -0.2) is 45.6 Å². The lowest BCUT2D eigenvalue weighted by Crippen LogP contribution is -2.50. The van der Waals surface area contributed by atoms with Crippen molar-refractivity contribution in [2.75, 3.05) is 33.6 Å². The molecule has 6 heteroatoms. The Balaban J connectivity index is 1.44. The number of hydrogen-bond acceptors (Lipinski definition) is 4. The van der Waals surface area contributed by atoms with Gasteiger partial charge in [0.15, 0.2) is 17.5 Å². The molecule has 2 N–H and O–H groups in total. The number of hydrogen-bond donors (Lipinski definition) is 2. The van der Waals surface area contributed by atoms with E-state index in [2.05, 4.69) is 34.7 Å². The second kappa shape index (κ2) is 8.60. The number of aliphatic imine (C=N–C) groups is 1. The van der Waals surface area contributed by atoms with Crippen LogP contribution >= 0.6 is 0 Å². The SMILES string of the molecule is CN=C(NCC1(c2ccc3c(c2)OCO3)CCOCC1)NC1CCC(C)CC1. The molecule has 0 atom stereocenters. The van der Waals surface area contributed by atoms with Gasteiger partial charge in [0.05, 0.1) is 0 Å². The van der Waals surface area contributed by atoms with Crippen LogP contribution in [0.4, 0.5) is 0 Å². The molecule has 1 aromatic carbocycles. The molecule has 2 fully saturated rings. The van der Waals surface area contributed by atoms with Crippen LogP contribution in [0.25, 0.3) is 0 Å². The smallest absolute Gasteiger partial charge is 0.231 e. The summed E-state index contributed by atoms with van der Waals surface area (Å²) in [6.45, 7) is 5.05. The van der Waals surface area contributed by atoms with Crippen molar-refractivity contribution in [2.24, 2.45) is 10.9 Å². The lowest BCUT2D eigenvalue weighted by atomic mass is 9.74. The van der Waals surface area contributed by atoms with Gasteiger partial charge in [0.25, 0.3) is 0 Å². The van der Waals surface area contributed by atoms with Crippen LogP contribution in [-0.2, 0) is 10.2 Å². The van der Waals surface area contributed by atoms with E-state index in [1.165, 1.54) is 31.2 Å². The van der Waals surface area contributed by atoms with Crippen LogP contribution in [0.2, 0.25) is 0 Å². The van der Waals surface area contributed by atoms with Crippen LogP contribution < -0.4 is 20.1 Å². The summed E-state index contributed by atoms with van der Waals surface area (Å²) in [4.78, 5) is 4.49. The van der Waals surface area contributed by atoms with Gasteiger partial charge in [0.1, 0.15) is 0 Å². The van der Waals surface area contributed by atoms with Gasteiger partial charge in [-0.1, -0.05) is 13.0 Å². The van der Waals surface area contributed by atoms with Crippen molar-refractivity contribution in [2.45, 2.75) is 56.9 Å². The average molecular weight is 388 g/mol. The zero-order valence-electron chi connectivity index (χ0n) is 17.1. The Morgan fingerprint density at radius 1 is 1.11 bits per heavy atom. The molecule has 2 heterocycles. The first-order chi connectivity index (χ1) is 13.7. The van der Waals surface area contributed by atoms with Crippen molar-refractivity contribution < 1.29 is 14.2 Å². The fourth-order valence-electron chi connectivity index (χ4n) is 4.60. The number of fused-ring (bicyclic) bond motifs is 1. The zero-order chi connectivity index (χ0) is 19.4. The monoisotopic (exact) mass is 387 g/mol. The minimum atomic E-state index is 0.0118. The summed E-state index contributed by atoms with van der Waals surface area (Å²) in [6.07, 6.45) is 7.02. The van der Waals surface area contributed by atoms with Crippen LogP contribution in [0.15, 0.2) is 23.2 Å². The minimum Gasteiger partial charge on any atom is -0.454 e. The van der Waals surface area contributed by atoms with Gasteiger partial charge in [0.2, 0.25) is 6.79 Å². The summed E-state index contributed by atoms with van der Waals surface area (Å²) in [5.41, 5.74) is 1.30. The molecule has 4 rings (SSSR count). The lowest BCUT2D eigenvalue weighted by molar-refractivity contribution is 0.0513. The summed E-state index contributed by atoms with van der Waals surface area (Å²) in [5.74, 6) is 3.45. The number of ether oxygens (including phenoxy) is 3. The van der Waals surface area contributed by atoms with Gasteiger partial charge in [-0.05, 0) is 62.1 Å². The third-order valence-corrected chi connectivity index (χ3v) is 6.61. The Hall–Kier alpha value is -1.95. The summed E-state index contributed by atoms with van der Waals surface area (Å²) < 4.78 is 16.8. The molecule has 1 aliphatic carbocycles. The van der Waals surface area contributed by atoms with Crippen LogP contribution in [0.1, 0.15) is 51.0 Å². The highest BCUT2D eigenvalue weighted by atomic mass is 16.7. The van der Waals surface area contributed by atoms with Crippen molar-refractivity contribution in [3.63, 3.8) is 0 Å². The Labute approximate surface area is 168 Å². The number of nitrogens with zero attached hydrogens (tertiary/aromatic N) is 1. The minimum absolute atomic E-state index is 0.0118. The van der Waals surface area contributed by atoms with E-state index in [4.69, 9.17) is 14.2 Å². The molecule has 6 nitrogen and oxygen atoms in total. The highest BCUT2D eigenvalue weighted by Crippen LogP contribution is 2.40. The molecule has 1 saturated carbocycles. The molecule has 1 saturated heterocycles.